The Bertz CT molecular complexity index is 453. The molecule has 4 nitrogen and oxygen atoms in total. The maximum absolute atomic E-state index is 11.8. The summed E-state index contributed by atoms with van der Waals surface area (Å²) >= 11 is 0. The summed E-state index contributed by atoms with van der Waals surface area (Å²) in [6.07, 6.45) is 0.925. The molecule has 5 heteroatoms. The second-order valence-corrected chi connectivity index (χ2v) is 5.72. The molecule has 0 amide bonds. The highest BCUT2D eigenvalue weighted by molar-refractivity contribution is 7.89. The van der Waals surface area contributed by atoms with Gasteiger partial charge in [0.05, 0.1) is 4.90 Å². The number of rotatable bonds is 3. The van der Waals surface area contributed by atoms with Crippen molar-refractivity contribution in [1.29, 1.82) is 0 Å². The molecule has 82 valence electrons. The second kappa shape index (κ2) is 3.50. The van der Waals surface area contributed by atoms with Gasteiger partial charge in [0, 0.05) is 11.7 Å². The van der Waals surface area contributed by atoms with E-state index in [1.807, 2.05) is 6.92 Å². The van der Waals surface area contributed by atoms with Gasteiger partial charge in [0.25, 0.3) is 0 Å². The monoisotopic (exact) mass is 226 g/mol. The van der Waals surface area contributed by atoms with Crippen molar-refractivity contribution in [3.63, 3.8) is 0 Å². The van der Waals surface area contributed by atoms with Crippen LogP contribution in [0.1, 0.15) is 13.3 Å². The Balaban J connectivity index is 2.18. The molecule has 1 saturated carbocycles. The van der Waals surface area contributed by atoms with Crippen LogP contribution in [0.3, 0.4) is 0 Å². The van der Waals surface area contributed by atoms with Gasteiger partial charge in [0.1, 0.15) is 0 Å². The Hall–Kier alpha value is -1.07. The van der Waals surface area contributed by atoms with Crippen LogP contribution in [0.5, 0.6) is 0 Å². The van der Waals surface area contributed by atoms with E-state index in [2.05, 4.69) is 4.72 Å². The lowest BCUT2D eigenvalue weighted by Crippen LogP contribution is -2.26. The van der Waals surface area contributed by atoms with Crippen molar-refractivity contribution in [1.82, 2.24) is 4.72 Å². The smallest absolute Gasteiger partial charge is 0.240 e. The van der Waals surface area contributed by atoms with Crippen molar-refractivity contribution < 1.29 is 8.42 Å². The maximum atomic E-state index is 11.8. The van der Waals surface area contributed by atoms with Crippen molar-refractivity contribution in [3.8, 4) is 0 Å². The summed E-state index contributed by atoms with van der Waals surface area (Å²) in [6.45, 7) is 2.02. The van der Waals surface area contributed by atoms with Gasteiger partial charge in [-0.25, -0.2) is 13.1 Å². The van der Waals surface area contributed by atoms with Crippen LogP contribution >= 0.6 is 0 Å². The topological polar surface area (TPSA) is 72.2 Å². The summed E-state index contributed by atoms with van der Waals surface area (Å²) in [5, 5.41) is 0. The number of anilines is 1. The SMILES string of the molecule is CC1CC1NS(=O)(=O)c1ccc(N)cc1. The Kier molecular flexibility index (Phi) is 2.44. The Morgan fingerprint density at radius 3 is 2.33 bits per heavy atom. The molecule has 15 heavy (non-hydrogen) atoms. The van der Waals surface area contributed by atoms with Crippen molar-refractivity contribution >= 4 is 15.7 Å². The molecular weight excluding hydrogens is 212 g/mol. The highest BCUT2D eigenvalue weighted by Gasteiger charge is 2.36. The molecule has 2 unspecified atom stereocenters. The molecule has 3 N–H and O–H groups in total. The minimum atomic E-state index is -3.35. The van der Waals surface area contributed by atoms with Gasteiger partial charge < -0.3 is 5.73 Å². The molecule has 1 fully saturated rings. The van der Waals surface area contributed by atoms with Crippen LogP contribution in [0.15, 0.2) is 29.2 Å². The number of nitrogens with two attached hydrogens (primary N) is 1. The molecule has 1 aliphatic rings. The van der Waals surface area contributed by atoms with E-state index >= 15 is 0 Å². The van der Waals surface area contributed by atoms with Gasteiger partial charge in [-0.1, -0.05) is 6.92 Å². The van der Waals surface area contributed by atoms with Gasteiger partial charge in [0.2, 0.25) is 10.0 Å². The third-order valence-electron chi connectivity index (χ3n) is 2.61. The summed E-state index contributed by atoms with van der Waals surface area (Å²) in [6, 6.07) is 6.32. The van der Waals surface area contributed by atoms with Crippen LogP contribution in [-0.4, -0.2) is 14.5 Å². The molecule has 1 aliphatic carbocycles. The van der Waals surface area contributed by atoms with Crippen LogP contribution in [0.4, 0.5) is 5.69 Å². The van der Waals surface area contributed by atoms with E-state index < -0.39 is 10.0 Å². The second-order valence-electron chi connectivity index (χ2n) is 4.01. The predicted molar refractivity (Wildman–Crippen MR) is 58.7 cm³/mol. The first-order valence-electron chi connectivity index (χ1n) is 4.87. The minimum absolute atomic E-state index is 0.104. The first kappa shape index (κ1) is 10.4. The van der Waals surface area contributed by atoms with E-state index in [1.165, 1.54) is 12.1 Å². The van der Waals surface area contributed by atoms with Crippen LogP contribution in [0, 0.1) is 5.92 Å². The molecular formula is C10H14N2O2S. The normalized spacial score (nSPS) is 25.1. The number of nitrogens with one attached hydrogen (secondary N) is 1. The minimum Gasteiger partial charge on any atom is -0.399 e. The molecule has 0 spiro atoms. The van der Waals surface area contributed by atoms with Gasteiger partial charge in [-0.15, -0.1) is 0 Å². The largest absolute Gasteiger partial charge is 0.399 e. The zero-order chi connectivity index (χ0) is 11.1. The van der Waals surface area contributed by atoms with Crippen LogP contribution in [-0.2, 0) is 10.0 Å². The first-order chi connectivity index (χ1) is 6.99. The third-order valence-corrected chi connectivity index (χ3v) is 4.11. The van der Waals surface area contributed by atoms with Crippen LogP contribution in [0.2, 0.25) is 0 Å². The zero-order valence-corrected chi connectivity index (χ0v) is 9.29. The molecule has 2 rings (SSSR count). The van der Waals surface area contributed by atoms with Crippen molar-refractivity contribution in [2.45, 2.75) is 24.3 Å². The molecule has 0 bridgehead atoms. The number of benzene rings is 1. The first-order valence-corrected chi connectivity index (χ1v) is 6.35. The molecule has 1 aromatic carbocycles. The van der Waals surface area contributed by atoms with Gasteiger partial charge in [-0.05, 0) is 36.6 Å². The standard InChI is InChI=1S/C10H14N2O2S/c1-7-6-10(7)12-15(13,14)9-4-2-8(11)3-5-9/h2-5,7,10,12H,6,11H2,1H3. The van der Waals surface area contributed by atoms with Crippen molar-refractivity contribution in [2.75, 3.05) is 5.73 Å². The van der Waals surface area contributed by atoms with Gasteiger partial charge in [-0.3, -0.25) is 0 Å². The fourth-order valence-electron chi connectivity index (χ4n) is 1.40. The van der Waals surface area contributed by atoms with E-state index in [4.69, 9.17) is 5.73 Å². The molecule has 0 aromatic heterocycles. The average Bonchev–Trinajstić information content (AvgIpc) is 2.81. The lowest BCUT2D eigenvalue weighted by atomic mass is 10.3. The number of nitrogen functional groups attached to an aromatic ring is 1. The Labute approximate surface area is 89.5 Å². The van der Waals surface area contributed by atoms with Crippen LogP contribution in [0.25, 0.3) is 0 Å². The van der Waals surface area contributed by atoms with E-state index in [-0.39, 0.29) is 10.9 Å². The summed E-state index contributed by atoms with van der Waals surface area (Å²) in [5.41, 5.74) is 6.05. The van der Waals surface area contributed by atoms with E-state index in [9.17, 15) is 8.42 Å². The van der Waals surface area contributed by atoms with Gasteiger partial charge in [0.15, 0.2) is 0 Å². The quantitative estimate of drug-likeness (QED) is 0.754. The third kappa shape index (κ3) is 2.30. The lowest BCUT2D eigenvalue weighted by Gasteiger charge is -2.05. The number of hydrogen-bond donors (Lipinski definition) is 2. The summed E-state index contributed by atoms with van der Waals surface area (Å²) in [7, 11) is -3.35. The van der Waals surface area contributed by atoms with E-state index in [1.54, 1.807) is 12.1 Å². The Morgan fingerprint density at radius 1 is 1.33 bits per heavy atom. The van der Waals surface area contributed by atoms with Gasteiger partial charge in [-0.2, -0.15) is 0 Å². The molecule has 0 heterocycles. The molecule has 0 saturated heterocycles. The summed E-state index contributed by atoms with van der Waals surface area (Å²) < 4.78 is 26.2. The van der Waals surface area contributed by atoms with E-state index in [0.29, 0.717) is 11.6 Å². The molecule has 0 aliphatic heterocycles. The number of hydrogen-bond acceptors (Lipinski definition) is 3. The highest BCUT2D eigenvalue weighted by atomic mass is 32.2. The highest BCUT2D eigenvalue weighted by Crippen LogP contribution is 2.30. The Morgan fingerprint density at radius 2 is 1.87 bits per heavy atom. The molecule has 0 radical (unpaired) electrons. The average molecular weight is 226 g/mol. The zero-order valence-electron chi connectivity index (χ0n) is 8.47. The lowest BCUT2D eigenvalue weighted by molar-refractivity contribution is 0.578. The van der Waals surface area contributed by atoms with E-state index in [0.717, 1.165) is 6.42 Å². The fraction of sp³-hybridized carbons (Fsp3) is 0.400. The predicted octanol–water partition coefficient (Wildman–Crippen LogP) is 0.956. The molecule has 2 atom stereocenters. The summed E-state index contributed by atoms with van der Waals surface area (Å²) in [4.78, 5) is 0.274. The summed E-state index contributed by atoms with van der Waals surface area (Å²) in [5.74, 6) is 0.452. The molecule has 1 aromatic rings. The number of sulfonamides is 1. The maximum Gasteiger partial charge on any atom is 0.240 e. The van der Waals surface area contributed by atoms with Gasteiger partial charge >= 0.3 is 0 Å². The fourth-order valence-corrected chi connectivity index (χ4v) is 2.76. The van der Waals surface area contributed by atoms with Crippen molar-refractivity contribution in [2.24, 2.45) is 5.92 Å². The van der Waals surface area contributed by atoms with Crippen molar-refractivity contribution in [3.05, 3.63) is 24.3 Å². The van der Waals surface area contributed by atoms with Crippen LogP contribution < -0.4 is 10.5 Å².